The monoisotopic (exact) mass is 766 g/mol. The molecule has 0 N–H and O–H groups in total. The van der Waals surface area contributed by atoms with Gasteiger partial charge >= 0.3 is 0 Å². The highest BCUT2D eigenvalue weighted by molar-refractivity contribution is 5.98. The highest BCUT2D eigenvalue weighted by Gasteiger charge is 2.37. The highest BCUT2D eigenvalue weighted by atomic mass is 15.2. The first kappa shape index (κ1) is 35.5. The Morgan fingerprint density at radius 2 is 0.967 bits per heavy atom. The van der Waals surface area contributed by atoms with Gasteiger partial charge in [-0.25, -0.2) is 0 Å². The molecule has 9 aromatic carbocycles. The summed E-state index contributed by atoms with van der Waals surface area (Å²) in [6.45, 7) is 0. The lowest BCUT2D eigenvalue weighted by atomic mass is 9.91. The summed E-state index contributed by atoms with van der Waals surface area (Å²) in [5.74, 6) is 0.318. The van der Waals surface area contributed by atoms with Crippen LogP contribution in [0, 0.1) is 0 Å². The molecular weight excluding hydrogens is 725 g/mol. The largest absolute Gasteiger partial charge is 0.333 e. The van der Waals surface area contributed by atoms with Crippen LogP contribution < -0.4 is 9.80 Å². The summed E-state index contributed by atoms with van der Waals surface area (Å²) in [5, 5.41) is 2.50. The molecule has 60 heavy (non-hydrogen) atoms. The fraction of sp³-hybridized carbons (Fsp3) is 0.0345. The molecule has 0 saturated heterocycles. The Morgan fingerprint density at radius 3 is 1.75 bits per heavy atom. The van der Waals surface area contributed by atoms with E-state index < -0.39 is 0 Å². The van der Waals surface area contributed by atoms with Gasteiger partial charge in [-0.05, 0) is 110 Å². The second-order valence-electron chi connectivity index (χ2n) is 15.7. The molecule has 0 saturated carbocycles. The number of fused-ring (bicyclic) bond motifs is 4. The minimum atomic E-state index is 0.220. The molecule has 0 spiro atoms. The molecule has 1 heterocycles. The first-order valence-electron chi connectivity index (χ1n) is 20.8. The molecule has 1 aliphatic carbocycles. The molecule has 1 aliphatic heterocycles. The SMILES string of the molecule is C1=CC2c3ccccc3N(c3cccc(-c4cc(-c5ccccc5)ccc4N(c4ccc(-c5ccccc5)cc4)c4ccc(-c5cccc6ccccc56)cc4)c3)C2C=C1. The number of hydrogen-bond acceptors (Lipinski definition) is 2. The van der Waals surface area contributed by atoms with Crippen LogP contribution in [0.3, 0.4) is 0 Å². The fourth-order valence-electron chi connectivity index (χ4n) is 9.31. The molecule has 0 aromatic heterocycles. The van der Waals surface area contributed by atoms with Crippen molar-refractivity contribution in [3.63, 3.8) is 0 Å². The molecule has 284 valence electrons. The van der Waals surface area contributed by atoms with Gasteiger partial charge in [0.1, 0.15) is 0 Å². The molecule has 2 atom stereocenters. The first-order chi connectivity index (χ1) is 29.8. The van der Waals surface area contributed by atoms with Gasteiger partial charge in [-0.15, -0.1) is 0 Å². The van der Waals surface area contributed by atoms with Gasteiger partial charge in [-0.2, -0.15) is 0 Å². The Labute approximate surface area is 352 Å². The van der Waals surface area contributed by atoms with Crippen LogP contribution in [0.2, 0.25) is 0 Å². The van der Waals surface area contributed by atoms with Gasteiger partial charge in [0.15, 0.2) is 0 Å². The lowest BCUT2D eigenvalue weighted by Gasteiger charge is -2.30. The number of hydrogen-bond donors (Lipinski definition) is 0. The van der Waals surface area contributed by atoms with E-state index in [9.17, 15) is 0 Å². The van der Waals surface area contributed by atoms with Crippen LogP contribution in [-0.2, 0) is 0 Å². The third-order valence-electron chi connectivity index (χ3n) is 12.2. The van der Waals surface area contributed by atoms with Crippen molar-refractivity contribution in [1.29, 1.82) is 0 Å². The zero-order valence-corrected chi connectivity index (χ0v) is 33.1. The Kier molecular flexibility index (Phi) is 9.02. The van der Waals surface area contributed by atoms with E-state index in [0.29, 0.717) is 5.92 Å². The lowest BCUT2D eigenvalue weighted by Crippen LogP contribution is -2.28. The Bertz CT molecular complexity index is 3030. The smallest absolute Gasteiger partial charge is 0.0629 e. The number of allylic oxidation sites excluding steroid dienone is 2. The van der Waals surface area contributed by atoms with E-state index in [1.165, 1.54) is 61.1 Å². The van der Waals surface area contributed by atoms with E-state index in [-0.39, 0.29) is 6.04 Å². The second-order valence-corrected chi connectivity index (χ2v) is 15.7. The Hall–Kier alpha value is -7.68. The van der Waals surface area contributed by atoms with Crippen LogP contribution in [0.4, 0.5) is 28.4 Å². The predicted molar refractivity (Wildman–Crippen MR) is 254 cm³/mol. The number of para-hydroxylation sites is 1. The van der Waals surface area contributed by atoms with Crippen LogP contribution in [-0.4, -0.2) is 6.04 Å². The maximum atomic E-state index is 2.52. The van der Waals surface area contributed by atoms with Crippen molar-refractivity contribution in [2.75, 3.05) is 9.80 Å². The summed E-state index contributed by atoms with van der Waals surface area (Å²) in [5.41, 5.74) is 16.6. The average Bonchev–Trinajstić information content (AvgIpc) is 3.67. The van der Waals surface area contributed by atoms with Crippen molar-refractivity contribution in [2.45, 2.75) is 12.0 Å². The quantitative estimate of drug-likeness (QED) is 0.152. The van der Waals surface area contributed by atoms with Crippen LogP contribution >= 0.6 is 0 Å². The van der Waals surface area contributed by atoms with Crippen molar-refractivity contribution in [3.05, 3.63) is 248 Å². The summed E-state index contributed by atoms with van der Waals surface area (Å²) >= 11 is 0. The van der Waals surface area contributed by atoms with Crippen LogP contribution in [0.5, 0.6) is 0 Å². The predicted octanol–water partition coefficient (Wildman–Crippen LogP) is 15.7. The van der Waals surface area contributed by atoms with Crippen LogP contribution in [0.1, 0.15) is 11.5 Å². The lowest BCUT2D eigenvalue weighted by molar-refractivity contribution is 0.745. The fourth-order valence-corrected chi connectivity index (χ4v) is 9.31. The Balaban J connectivity index is 1.08. The first-order valence-corrected chi connectivity index (χ1v) is 20.8. The molecule has 9 aromatic rings. The summed E-state index contributed by atoms with van der Waals surface area (Å²) in [6.07, 6.45) is 9.08. The molecule has 0 radical (unpaired) electrons. The van der Waals surface area contributed by atoms with Crippen LogP contribution in [0.25, 0.3) is 55.3 Å². The van der Waals surface area contributed by atoms with Crippen molar-refractivity contribution in [2.24, 2.45) is 0 Å². The second kappa shape index (κ2) is 15.2. The number of rotatable bonds is 8. The average molecular weight is 767 g/mol. The number of nitrogens with zero attached hydrogens (tertiary/aromatic N) is 2. The summed E-state index contributed by atoms with van der Waals surface area (Å²) < 4.78 is 0. The normalized spacial score (nSPS) is 15.2. The summed E-state index contributed by atoms with van der Waals surface area (Å²) in [7, 11) is 0. The van der Waals surface area contributed by atoms with Crippen molar-refractivity contribution in [3.8, 4) is 44.5 Å². The zero-order chi connectivity index (χ0) is 39.8. The minimum Gasteiger partial charge on any atom is -0.333 e. The minimum absolute atomic E-state index is 0.220. The molecule has 2 nitrogen and oxygen atoms in total. The summed E-state index contributed by atoms with van der Waals surface area (Å²) in [6, 6.07) is 79.9. The van der Waals surface area contributed by atoms with E-state index >= 15 is 0 Å². The summed E-state index contributed by atoms with van der Waals surface area (Å²) in [4.78, 5) is 4.95. The highest BCUT2D eigenvalue weighted by Crippen LogP contribution is 2.49. The third-order valence-corrected chi connectivity index (χ3v) is 12.2. The van der Waals surface area contributed by atoms with Crippen molar-refractivity contribution in [1.82, 2.24) is 0 Å². The molecule has 0 amide bonds. The maximum absolute atomic E-state index is 2.52. The van der Waals surface area contributed by atoms with Gasteiger partial charge < -0.3 is 9.80 Å². The Morgan fingerprint density at radius 1 is 0.383 bits per heavy atom. The topological polar surface area (TPSA) is 6.48 Å². The number of benzene rings is 9. The molecule has 11 rings (SSSR count). The van der Waals surface area contributed by atoms with E-state index in [0.717, 1.165) is 28.2 Å². The van der Waals surface area contributed by atoms with Gasteiger partial charge in [0.2, 0.25) is 0 Å². The van der Waals surface area contributed by atoms with Crippen molar-refractivity contribution >= 4 is 39.2 Å². The van der Waals surface area contributed by atoms with Crippen molar-refractivity contribution < 1.29 is 0 Å². The maximum Gasteiger partial charge on any atom is 0.0629 e. The third kappa shape index (κ3) is 6.40. The number of anilines is 5. The van der Waals surface area contributed by atoms with E-state index in [2.05, 4.69) is 252 Å². The molecule has 2 heteroatoms. The van der Waals surface area contributed by atoms with Gasteiger partial charge in [-0.3, -0.25) is 0 Å². The van der Waals surface area contributed by atoms with Gasteiger partial charge in [0.05, 0.1) is 11.7 Å². The standard InChI is InChI=1S/C58H42N2/c1-3-15-41(16-4-1)43-29-34-48(35-30-43)59(49-36-31-45(32-37-49)52-26-14-20-44-19-7-8-23-51(44)52)58-38-33-46(42-17-5-2-6-18-42)40-55(58)47-21-13-22-50(39-47)60-56-27-11-9-24-53(56)54-25-10-12-28-57(54)60/h1-40,53,56H. The van der Waals surface area contributed by atoms with Gasteiger partial charge in [0.25, 0.3) is 0 Å². The van der Waals surface area contributed by atoms with Gasteiger partial charge in [-0.1, -0.05) is 188 Å². The van der Waals surface area contributed by atoms with Crippen LogP contribution in [0.15, 0.2) is 243 Å². The van der Waals surface area contributed by atoms with E-state index in [1.807, 2.05) is 0 Å². The molecule has 0 bridgehead atoms. The molecule has 2 unspecified atom stereocenters. The van der Waals surface area contributed by atoms with E-state index in [1.54, 1.807) is 0 Å². The molecule has 2 aliphatic rings. The zero-order valence-electron chi connectivity index (χ0n) is 33.1. The molecular formula is C58H42N2. The molecule has 0 fully saturated rings. The van der Waals surface area contributed by atoms with Gasteiger partial charge in [0, 0.05) is 34.2 Å². The van der Waals surface area contributed by atoms with E-state index in [4.69, 9.17) is 0 Å².